The molecule has 4 amide bonds. The van der Waals surface area contributed by atoms with Crippen molar-refractivity contribution >= 4 is 47.1 Å². The number of nitrogens with zero attached hydrogens (tertiary/aromatic N) is 3. The number of benzene rings is 3. The van der Waals surface area contributed by atoms with Crippen LogP contribution in [0.3, 0.4) is 0 Å². The largest absolute Gasteiger partial charge is 0.494 e. The summed E-state index contributed by atoms with van der Waals surface area (Å²) in [7, 11) is 0. The van der Waals surface area contributed by atoms with Gasteiger partial charge in [-0.05, 0) is 99.1 Å². The number of carbonyl (C=O) groups is 3. The van der Waals surface area contributed by atoms with Gasteiger partial charge in [-0.3, -0.25) is 25.0 Å². The summed E-state index contributed by atoms with van der Waals surface area (Å²) >= 11 is 1.49. The highest BCUT2D eigenvalue weighted by atomic mass is 32.2. The summed E-state index contributed by atoms with van der Waals surface area (Å²) in [5, 5.41) is 13.2. The fraction of sp³-hybridized carbons (Fsp3) is 0.129. The molecule has 2 heterocycles. The molecule has 10 nitrogen and oxygen atoms in total. The van der Waals surface area contributed by atoms with Crippen LogP contribution in [0.4, 0.5) is 16.2 Å². The van der Waals surface area contributed by atoms with Gasteiger partial charge in [0.25, 0.3) is 17.5 Å². The Morgan fingerprint density at radius 3 is 2.10 bits per heavy atom. The number of hydrogen-bond acceptors (Lipinski definition) is 7. The topological polar surface area (TPSA) is 124 Å². The summed E-state index contributed by atoms with van der Waals surface area (Å²) in [4.78, 5) is 52.0. The molecule has 42 heavy (non-hydrogen) atoms. The zero-order valence-electron chi connectivity index (χ0n) is 23.0. The molecule has 5 rings (SSSR count). The Hall–Kier alpha value is -5.16. The number of aryl methyl sites for hydroxylation is 1. The highest BCUT2D eigenvalue weighted by Gasteiger charge is 2.37. The molecule has 0 spiro atoms. The zero-order chi connectivity index (χ0) is 30.0. The van der Waals surface area contributed by atoms with Crippen LogP contribution >= 0.6 is 11.8 Å². The average molecular weight is 583 g/mol. The van der Waals surface area contributed by atoms with Crippen molar-refractivity contribution in [2.45, 2.75) is 30.6 Å². The summed E-state index contributed by atoms with van der Waals surface area (Å²) in [6.45, 7) is 6.15. The van der Waals surface area contributed by atoms with Crippen LogP contribution in [0.25, 0.3) is 11.8 Å². The Labute approximate surface area is 245 Å². The van der Waals surface area contributed by atoms with Gasteiger partial charge in [-0.1, -0.05) is 11.8 Å². The number of barbiturate groups is 1. The molecule has 1 N–H and O–H groups in total. The van der Waals surface area contributed by atoms with E-state index in [9.17, 15) is 24.5 Å². The summed E-state index contributed by atoms with van der Waals surface area (Å²) in [5.74, 6) is -0.877. The molecule has 212 valence electrons. The fourth-order valence-electron chi connectivity index (χ4n) is 4.67. The molecule has 0 unspecified atom stereocenters. The minimum absolute atomic E-state index is 0.0434. The van der Waals surface area contributed by atoms with Crippen molar-refractivity contribution in [1.82, 2.24) is 9.88 Å². The molecule has 1 saturated heterocycles. The maximum atomic E-state index is 13.4. The van der Waals surface area contributed by atoms with Gasteiger partial charge in [-0.15, -0.1) is 0 Å². The van der Waals surface area contributed by atoms with E-state index in [4.69, 9.17) is 4.74 Å². The van der Waals surface area contributed by atoms with Crippen molar-refractivity contribution in [3.63, 3.8) is 0 Å². The number of imide groups is 2. The lowest BCUT2D eigenvalue weighted by atomic mass is 10.1. The highest BCUT2D eigenvalue weighted by Crippen LogP contribution is 2.31. The van der Waals surface area contributed by atoms with Gasteiger partial charge in [0.2, 0.25) is 0 Å². The molecule has 0 bridgehead atoms. The first kappa shape index (κ1) is 28.4. The van der Waals surface area contributed by atoms with Crippen LogP contribution in [-0.4, -0.2) is 33.9 Å². The number of nitro groups is 1. The van der Waals surface area contributed by atoms with Crippen LogP contribution in [0.2, 0.25) is 0 Å². The second kappa shape index (κ2) is 11.8. The third-order valence-electron chi connectivity index (χ3n) is 6.66. The van der Waals surface area contributed by atoms with E-state index in [1.165, 1.54) is 30.0 Å². The van der Waals surface area contributed by atoms with Crippen LogP contribution < -0.4 is 15.0 Å². The highest BCUT2D eigenvalue weighted by molar-refractivity contribution is 7.99. The van der Waals surface area contributed by atoms with Gasteiger partial charge >= 0.3 is 6.03 Å². The Kier molecular flexibility index (Phi) is 7.94. The Morgan fingerprint density at radius 2 is 1.50 bits per heavy atom. The number of nitrogens with one attached hydrogen (secondary N) is 1. The first-order valence-corrected chi connectivity index (χ1v) is 13.8. The molecular weight excluding hydrogens is 556 g/mol. The van der Waals surface area contributed by atoms with Gasteiger partial charge < -0.3 is 9.30 Å². The molecule has 0 aliphatic carbocycles. The molecule has 1 fully saturated rings. The molecule has 0 radical (unpaired) electrons. The lowest BCUT2D eigenvalue weighted by Crippen LogP contribution is -2.54. The monoisotopic (exact) mass is 582 g/mol. The second-order valence-corrected chi connectivity index (χ2v) is 10.5. The van der Waals surface area contributed by atoms with Crippen LogP contribution in [0, 0.1) is 24.0 Å². The number of urea groups is 1. The van der Waals surface area contributed by atoms with E-state index >= 15 is 0 Å². The standard InChI is InChI=1S/C31H26N4O6S/c1-4-41-25-11-5-23(6-12-25)34-30(37)28(29(36)32-31(34)38)18-21-17-19(2)33(20(21)3)22-7-13-26(14-8-22)42-27-15-9-24(10-16-27)35(39)40/h5-18H,4H2,1-3H3,(H,32,36,38)/b28-18-. The maximum Gasteiger partial charge on any atom is 0.335 e. The molecule has 4 aromatic rings. The number of hydrogen-bond donors (Lipinski definition) is 1. The van der Waals surface area contributed by atoms with Gasteiger partial charge in [-0.2, -0.15) is 0 Å². The van der Waals surface area contributed by atoms with Gasteiger partial charge in [0.15, 0.2) is 0 Å². The van der Waals surface area contributed by atoms with Gasteiger partial charge in [0, 0.05) is 39.0 Å². The minimum Gasteiger partial charge on any atom is -0.494 e. The molecule has 1 aromatic heterocycles. The molecule has 3 aromatic carbocycles. The average Bonchev–Trinajstić information content (AvgIpc) is 3.25. The van der Waals surface area contributed by atoms with E-state index in [2.05, 4.69) is 5.32 Å². The quantitative estimate of drug-likeness (QED) is 0.113. The van der Waals surface area contributed by atoms with Crippen LogP contribution in [-0.2, 0) is 9.59 Å². The molecule has 1 aliphatic heterocycles. The number of nitro benzene ring substituents is 1. The van der Waals surface area contributed by atoms with Gasteiger partial charge in [-0.25, -0.2) is 9.69 Å². The van der Waals surface area contributed by atoms with Crippen LogP contribution in [0.1, 0.15) is 23.9 Å². The first-order valence-electron chi connectivity index (χ1n) is 13.0. The predicted octanol–water partition coefficient (Wildman–Crippen LogP) is 6.22. The molecule has 0 saturated carbocycles. The Bertz CT molecular complexity index is 1720. The smallest absolute Gasteiger partial charge is 0.335 e. The van der Waals surface area contributed by atoms with Crippen molar-refractivity contribution in [2.24, 2.45) is 0 Å². The van der Waals surface area contributed by atoms with Crippen LogP contribution in [0.5, 0.6) is 5.75 Å². The van der Waals surface area contributed by atoms with Crippen molar-refractivity contribution < 1.29 is 24.0 Å². The predicted molar refractivity (Wildman–Crippen MR) is 159 cm³/mol. The van der Waals surface area contributed by atoms with E-state index in [1.807, 2.05) is 55.7 Å². The third kappa shape index (κ3) is 5.68. The van der Waals surface area contributed by atoms with Crippen molar-refractivity contribution in [2.75, 3.05) is 11.5 Å². The maximum absolute atomic E-state index is 13.4. The van der Waals surface area contributed by atoms with Crippen molar-refractivity contribution in [3.8, 4) is 11.4 Å². The van der Waals surface area contributed by atoms with Gasteiger partial charge in [0.1, 0.15) is 11.3 Å². The fourth-order valence-corrected chi connectivity index (χ4v) is 5.49. The summed E-state index contributed by atoms with van der Waals surface area (Å²) in [6, 6.07) is 21.7. The summed E-state index contributed by atoms with van der Waals surface area (Å²) in [6.07, 6.45) is 1.50. The number of anilines is 1. The lowest BCUT2D eigenvalue weighted by Gasteiger charge is -2.26. The van der Waals surface area contributed by atoms with E-state index in [0.29, 0.717) is 23.6 Å². The molecule has 11 heteroatoms. The number of carbonyl (C=O) groups excluding carboxylic acids is 3. The van der Waals surface area contributed by atoms with E-state index in [-0.39, 0.29) is 11.3 Å². The normalized spacial score (nSPS) is 14.3. The van der Waals surface area contributed by atoms with E-state index < -0.39 is 22.8 Å². The SMILES string of the molecule is CCOc1ccc(N2C(=O)NC(=O)/C(=C/c3cc(C)n(-c4ccc(Sc5ccc([N+](=O)[O-])cc5)cc4)c3C)C2=O)cc1. The number of amides is 4. The van der Waals surface area contributed by atoms with Crippen molar-refractivity contribution in [1.29, 1.82) is 0 Å². The molecular formula is C31H26N4O6S. The number of aromatic nitrogens is 1. The first-order chi connectivity index (χ1) is 20.2. The summed E-state index contributed by atoms with van der Waals surface area (Å²) < 4.78 is 7.44. The van der Waals surface area contributed by atoms with E-state index in [0.717, 1.165) is 31.8 Å². The van der Waals surface area contributed by atoms with Crippen LogP contribution in [0.15, 0.2) is 94.2 Å². The Balaban J connectivity index is 1.39. The minimum atomic E-state index is -0.816. The lowest BCUT2D eigenvalue weighted by molar-refractivity contribution is -0.384. The van der Waals surface area contributed by atoms with Crippen molar-refractivity contribution in [3.05, 3.63) is 112 Å². The Morgan fingerprint density at radius 1 is 0.905 bits per heavy atom. The summed E-state index contributed by atoms with van der Waals surface area (Å²) in [5.41, 5.74) is 3.45. The molecule has 1 aliphatic rings. The number of ether oxygens (including phenoxy) is 1. The van der Waals surface area contributed by atoms with E-state index in [1.54, 1.807) is 36.4 Å². The second-order valence-electron chi connectivity index (χ2n) is 9.39. The van der Waals surface area contributed by atoms with Gasteiger partial charge in [0.05, 0.1) is 17.2 Å². The molecule has 0 atom stereocenters. The third-order valence-corrected chi connectivity index (χ3v) is 7.67. The number of non-ortho nitro benzene ring substituents is 1. The zero-order valence-corrected chi connectivity index (χ0v) is 23.8. The number of rotatable bonds is 8.